The maximum Gasteiger partial charge on any atom is 0.258 e. The fourth-order valence-corrected chi connectivity index (χ4v) is 2.41. The van der Waals surface area contributed by atoms with Crippen LogP contribution in [0.5, 0.6) is 0 Å². The predicted octanol–water partition coefficient (Wildman–Crippen LogP) is 2.15. The highest BCUT2D eigenvalue weighted by Crippen LogP contribution is 2.24. The van der Waals surface area contributed by atoms with Crippen LogP contribution in [-0.2, 0) is 0 Å². The molecule has 3 aromatic heterocycles. The Balaban J connectivity index is 1.77. The maximum atomic E-state index is 12.0. The summed E-state index contributed by atoms with van der Waals surface area (Å²) in [6.07, 6.45) is 4.77. The molecule has 0 spiro atoms. The number of anilines is 1. The standard InChI is InChI=1S/C14H10N4O2S/c19-12-4-3-10(7-16-12)13(20)18-14-17-11(8-21-14)9-2-1-5-15-6-9/h1-8H,(H,16,19)(H,17,18,20). The highest BCUT2D eigenvalue weighted by molar-refractivity contribution is 7.14. The van der Waals surface area contributed by atoms with Gasteiger partial charge in [-0.05, 0) is 18.2 Å². The topological polar surface area (TPSA) is 87.7 Å². The van der Waals surface area contributed by atoms with Gasteiger partial charge in [0.2, 0.25) is 5.56 Å². The van der Waals surface area contributed by atoms with Crippen molar-refractivity contribution >= 4 is 22.4 Å². The van der Waals surface area contributed by atoms with Crippen LogP contribution in [0.25, 0.3) is 11.3 Å². The molecule has 0 saturated carbocycles. The molecule has 3 rings (SSSR count). The zero-order chi connectivity index (χ0) is 14.7. The molecule has 21 heavy (non-hydrogen) atoms. The van der Waals surface area contributed by atoms with Crippen LogP contribution < -0.4 is 10.9 Å². The number of thiazole rings is 1. The van der Waals surface area contributed by atoms with Gasteiger partial charge in [-0.25, -0.2) is 4.98 Å². The second kappa shape index (κ2) is 5.68. The summed E-state index contributed by atoms with van der Waals surface area (Å²) >= 11 is 1.33. The van der Waals surface area contributed by atoms with Crippen molar-refractivity contribution in [2.75, 3.05) is 5.32 Å². The van der Waals surface area contributed by atoms with Crippen LogP contribution in [0, 0.1) is 0 Å². The van der Waals surface area contributed by atoms with Crippen molar-refractivity contribution in [1.82, 2.24) is 15.0 Å². The van der Waals surface area contributed by atoms with E-state index < -0.39 is 0 Å². The Hall–Kier alpha value is -2.80. The van der Waals surface area contributed by atoms with E-state index in [9.17, 15) is 9.59 Å². The second-order valence-corrected chi connectivity index (χ2v) is 5.03. The van der Waals surface area contributed by atoms with Gasteiger partial charge in [0, 0.05) is 35.6 Å². The monoisotopic (exact) mass is 298 g/mol. The first kappa shape index (κ1) is 13.2. The zero-order valence-corrected chi connectivity index (χ0v) is 11.6. The Kier molecular flexibility index (Phi) is 3.57. The van der Waals surface area contributed by atoms with E-state index >= 15 is 0 Å². The van der Waals surface area contributed by atoms with Crippen molar-refractivity contribution in [1.29, 1.82) is 0 Å². The molecular formula is C14H10N4O2S. The molecule has 0 radical (unpaired) electrons. The summed E-state index contributed by atoms with van der Waals surface area (Å²) in [5, 5.41) is 5.03. The number of hydrogen-bond acceptors (Lipinski definition) is 5. The molecule has 0 aliphatic carbocycles. The highest BCUT2D eigenvalue weighted by Gasteiger charge is 2.10. The second-order valence-electron chi connectivity index (χ2n) is 4.18. The van der Waals surface area contributed by atoms with E-state index in [1.54, 1.807) is 12.4 Å². The molecule has 6 nitrogen and oxygen atoms in total. The van der Waals surface area contributed by atoms with Crippen LogP contribution in [-0.4, -0.2) is 20.9 Å². The van der Waals surface area contributed by atoms with Gasteiger partial charge in [-0.15, -0.1) is 11.3 Å². The minimum absolute atomic E-state index is 0.250. The number of pyridine rings is 2. The SMILES string of the molecule is O=C(Nc1nc(-c2cccnc2)cs1)c1ccc(=O)[nH]c1. The minimum Gasteiger partial charge on any atom is -0.328 e. The predicted molar refractivity (Wildman–Crippen MR) is 80.4 cm³/mol. The highest BCUT2D eigenvalue weighted by atomic mass is 32.1. The summed E-state index contributed by atoms with van der Waals surface area (Å²) < 4.78 is 0. The van der Waals surface area contributed by atoms with Crippen LogP contribution in [0.15, 0.2) is 53.0 Å². The smallest absolute Gasteiger partial charge is 0.258 e. The van der Waals surface area contributed by atoms with Gasteiger partial charge in [-0.3, -0.25) is 19.9 Å². The molecule has 0 fully saturated rings. The number of carbonyl (C=O) groups excluding carboxylic acids is 1. The van der Waals surface area contributed by atoms with Crippen molar-refractivity contribution in [2.45, 2.75) is 0 Å². The molecule has 0 aliphatic heterocycles. The fourth-order valence-electron chi connectivity index (χ4n) is 1.70. The molecule has 1 amide bonds. The third-order valence-electron chi connectivity index (χ3n) is 2.73. The third-order valence-corrected chi connectivity index (χ3v) is 3.49. The molecular weight excluding hydrogens is 288 g/mol. The van der Waals surface area contributed by atoms with E-state index in [1.807, 2.05) is 17.5 Å². The lowest BCUT2D eigenvalue weighted by atomic mass is 10.2. The molecule has 0 saturated heterocycles. The Morgan fingerprint density at radius 1 is 1.29 bits per heavy atom. The Labute approximate surface area is 123 Å². The largest absolute Gasteiger partial charge is 0.328 e. The summed E-state index contributed by atoms with van der Waals surface area (Å²) in [5.41, 5.74) is 1.76. The average molecular weight is 298 g/mol. The number of aromatic amines is 1. The lowest BCUT2D eigenvalue weighted by Crippen LogP contribution is -2.14. The Morgan fingerprint density at radius 2 is 2.19 bits per heavy atom. The van der Waals surface area contributed by atoms with Crippen molar-refractivity contribution in [3.63, 3.8) is 0 Å². The van der Waals surface area contributed by atoms with Crippen molar-refractivity contribution in [3.05, 3.63) is 64.2 Å². The van der Waals surface area contributed by atoms with E-state index in [-0.39, 0.29) is 11.5 Å². The van der Waals surface area contributed by atoms with Gasteiger partial charge < -0.3 is 4.98 Å². The van der Waals surface area contributed by atoms with Crippen LogP contribution in [0.2, 0.25) is 0 Å². The summed E-state index contributed by atoms with van der Waals surface area (Å²) in [6.45, 7) is 0. The van der Waals surface area contributed by atoms with Crippen LogP contribution >= 0.6 is 11.3 Å². The number of nitrogens with zero attached hydrogens (tertiary/aromatic N) is 2. The van der Waals surface area contributed by atoms with Gasteiger partial charge in [-0.1, -0.05) is 0 Å². The number of aromatic nitrogens is 3. The summed E-state index contributed by atoms with van der Waals surface area (Å²) in [6, 6.07) is 6.49. The number of H-pyrrole nitrogens is 1. The number of amides is 1. The van der Waals surface area contributed by atoms with Crippen molar-refractivity contribution in [2.24, 2.45) is 0 Å². The first-order chi connectivity index (χ1) is 10.2. The molecule has 3 aromatic rings. The molecule has 104 valence electrons. The molecule has 2 N–H and O–H groups in total. The van der Waals surface area contributed by atoms with E-state index in [2.05, 4.69) is 20.3 Å². The average Bonchev–Trinajstić information content (AvgIpc) is 2.97. The van der Waals surface area contributed by atoms with Gasteiger partial charge in [0.1, 0.15) is 0 Å². The normalized spacial score (nSPS) is 10.3. The van der Waals surface area contributed by atoms with Gasteiger partial charge in [0.15, 0.2) is 5.13 Å². The van der Waals surface area contributed by atoms with Crippen LogP contribution in [0.1, 0.15) is 10.4 Å². The number of hydrogen-bond donors (Lipinski definition) is 2. The number of nitrogens with one attached hydrogen (secondary N) is 2. The van der Waals surface area contributed by atoms with Crippen molar-refractivity contribution < 1.29 is 4.79 Å². The number of rotatable bonds is 3. The number of carbonyl (C=O) groups is 1. The minimum atomic E-state index is -0.321. The lowest BCUT2D eigenvalue weighted by Gasteiger charge is -2.00. The first-order valence-corrected chi connectivity index (χ1v) is 6.96. The van der Waals surface area contributed by atoms with Gasteiger partial charge in [0.05, 0.1) is 11.3 Å². The molecule has 0 unspecified atom stereocenters. The molecule has 3 heterocycles. The van der Waals surface area contributed by atoms with Gasteiger partial charge in [-0.2, -0.15) is 0 Å². The quantitative estimate of drug-likeness (QED) is 0.775. The Bertz CT molecular complexity index is 806. The van der Waals surface area contributed by atoms with Crippen LogP contribution in [0.4, 0.5) is 5.13 Å². The van der Waals surface area contributed by atoms with E-state index in [0.717, 1.165) is 11.3 Å². The van der Waals surface area contributed by atoms with Crippen molar-refractivity contribution in [3.8, 4) is 11.3 Å². The third kappa shape index (κ3) is 3.03. The maximum absolute atomic E-state index is 12.0. The first-order valence-electron chi connectivity index (χ1n) is 6.08. The molecule has 7 heteroatoms. The summed E-state index contributed by atoms with van der Waals surface area (Å²) in [4.78, 5) is 33.8. The Morgan fingerprint density at radius 3 is 2.90 bits per heavy atom. The van der Waals surface area contributed by atoms with E-state index in [4.69, 9.17) is 0 Å². The van der Waals surface area contributed by atoms with Gasteiger partial charge in [0.25, 0.3) is 5.91 Å². The van der Waals surface area contributed by atoms with E-state index in [1.165, 1.54) is 29.7 Å². The summed E-state index contributed by atoms with van der Waals surface area (Å²) in [5.74, 6) is -0.321. The van der Waals surface area contributed by atoms with Gasteiger partial charge >= 0.3 is 0 Å². The van der Waals surface area contributed by atoms with E-state index in [0.29, 0.717) is 10.7 Å². The summed E-state index contributed by atoms with van der Waals surface area (Å²) in [7, 11) is 0. The molecule has 0 aliphatic rings. The molecule has 0 aromatic carbocycles. The van der Waals surface area contributed by atoms with Crippen LogP contribution in [0.3, 0.4) is 0 Å². The zero-order valence-electron chi connectivity index (χ0n) is 10.7. The fraction of sp³-hybridized carbons (Fsp3) is 0. The lowest BCUT2D eigenvalue weighted by molar-refractivity contribution is 0.102. The molecule has 0 atom stereocenters. The molecule has 0 bridgehead atoms.